The summed E-state index contributed by atoms with van der Waals surface area (Å²) < 4.78 is 39.8. The first-order valence-corrected chi connectivity index (χ1v) is 6.06. The first-order chi connectivity index (χ1) is 8.44. The van der Waals surface area contributed by atoms with E-state index in [1.807, 2.05) is 6.92 Å². The van der Waals surface area contributed by atoms with Gasteiger partial charge in [-0.05, 0) is 37.5 Å². The van der Waals surface area contributed by atoms with Crippen molar-refractivity contribution in [2.45, 2.75) is 44.6 Å². The van der Waals surface area contributed by atoms with Gasteiger partial charge in [0.1, 0.15) is 5.75 Å². The van der Waals surface area contributed by atoms with Gasteiger partial charge in [0.2, 0.25) is 0 Å². The Morgan fingerprint density at radius 1 is 1.22 bits per heavy atom. The van der Waals surface area contributed by atoms with E-state index in [0.29, 0.717) is 6.04 Å². The van der Waals surface area contributed by atoms with Gasteiger partial charge in [0.25, 0.3) is 0 Å². The maximum atomic E-state index is 12.0. The zero-order chi connectivity index (χ0) is 13.2. The van der Waals surface area contributed by atoms with Crippen molar-refractivity contribution in [1.29, 1.82) is 0 Å². The number of benzene rings is 1. The monoisotopic (exact) mass is 259 g/mol. The van der Waals surface area contributed by atoms with Gasteiger partial charge in [-0.2, -0.15) is 0 Å². The van der Waals surface area contributed by atoms with E-state index in [1.54, 1.807) is 12.1 Å². The summed E-state index contributed by atoms with van der Waals surface area (Å²) in [7, 11) is 0. The molecule has 0 amide bonds. The smallest absolute Gasteiger partial charge is 0.406 e. The molecule has 100 valence electrons. The predicted molar refractivity (Wildman–Crippen MR) is 62.3 cm³/mol. The van der Waals surface area contributed by atoms with Crippen LogP contribution in [-0.2, 0) is 0 Å². The van der Waals surface area contributed by atoms with Crippen LogP contribution in [0.3, 0.4) is 0 Å². The third kappa shape index (κ3) is 3.63. The molecule has 1 aliphatic carbocycles. The second kappa shape index (κ2) is 5.18. The van der Waals surface area contributed by atoms with Crippen molar-refractivity contribution >= 4 is 0 Å². The Hall–Kier alpha value is -1.23. The summed E-state index contributed by atoms with van der Waals surface area (Å²) >= 11 is 0. The number of halogens is 3. The van der Waals surface area contributed by atoms with Crippen molar-refractivity contribution in [3.8, 4) is 5.75 Å². The van der Waals surface area contributed by atoms with E-state index in [4.69, 9.17) is 0 Å². The third-order valence-electron chi connectivity index (χ3n) is 3.20. The zero-order valence-corrected chi connectivity index (χ0v) is 10.1. The summed E-state index contributed by atoms with van der Waals surface area (Å²) in [5.74, 6) is -0.179. The molecule has 1 atom stereocenters. The highest BCUT2D eigenvalue weighted by molar-refractivity contribution is 5.29. The predicted octanol–water partition coefficient (Wildman–Crippen LogP) is 3.79. The second-order valence-electron chi connectivity index (χ2n) is 4.63. The van der Waals surface area contributed by atoms with Gasteiger partial charge in [-0.25, -0.2) is 0 Å². The molecule has 1 unspecified atom stereocenters. The molecule has 0 aliphatic heterocycles. The maximum Gasteiger partial charge on any atom is 0.573 e. The van der Waals surface area contributed by atoms with Crippen LogP contribution in [0.15, 0.2) is 24.3 Å². The van der Waals surface area contributed by atoms with Gasteiger partial charge in [-0.15, -0.1) is 13.2 Å². The summed E-state index contributed by atoms with van der Waals surface area (Å²) in [5, 5.41) is 3.44. The Kier molecular flexibility index (Phi) is 3.80. The minimum atomic E-state index is -4.63. The molecule has 0 aromatic heterocycles. The standard InChI is InChI=1S/C13H16F3NO/c1-9(17-11-3-2-4-11)10-5-7-12(8-6-10)18-13(14,15)16/h5-9,11,17H,2-4H2,1H3. The van der Waals surface area contributed by atoms with E-state index in [1.165, 1.54) is 31.4 Å². The molecule has 0 spiro atoms. The molecule has 1 aromatic rings. The highest BCUT2D eigenvalue weighted by atomic mass is 19.4. The lowest BCUT2D eigenvalue weighted by molar-refractivity contribution is -0.274. The van der Waals surface area contributed by atoms with Crippen LogP contribution in [0.25, 0.3) is 0 Å². The molecule has 1 aromatic carbocycles. The van der Waals surface area contributed by atoms with Crippen molar-refractivity contribution in [3.63, 3.8) is 0 Å². The van der Waals surface area contributed by atoms with Crippen molar-refractivity contribution in [2.75, 3.05) is 0 Å². The molecule has 2 rings (SSSR count). The van der Waals surface area contributed by atoms with Crippen LogP contribution in [0.5, 0.6) is 5.75 Å². The van der Waals surface area contributed by atoms with Crippen molar-refractivity contribution in [2.24, 2.45) is 0 Å². The number of alkyl halides is 3. The van der Waals surface area contributed by atoms with Crippen LogP contribution in [0.2, 0.25) is 0 Å². The van der Waals surface area contributed by atoms with Crippen LogP contribution in [-0.4, -0.2) is 12.4 Å². The average Bonchev–Trinajstić information content (AvgIpc) is 2.22. The van der Waals surface area contributed by atoms with Crippen LogP contribution >= 0.6 is 0 Å². The van der Waals surface area contributed by atoms with E-state index < -0.39 is 6.36 Å². The lowest BCUT2D eigenvalue weighted by atomic mass is 9.92. The molecule has 5 heteroatoms. The molecule has 0 heterocycles. The first kappa shape index (κ1) is 13.2. The van der Waals surface area contributed by atoms with Crippen molar-refractivity contribution in [1.82, 2.24) is 5.32 Å². The van der Waals surface area contributed by atoms with E-state index >= 15 is 0 Å². The maximum absolute atomic E-state index is 12.0. The number of ether oxygens (including phenoxy) is 1. The topological polar surface area (TPSA) is 21.3 Å². The summed E-state index contributed by atoms with van der Waals surface area (Å²) in [6.45, 7) is 2.01. The third-order valence-corrected chi connectivity index (χ3v) is 3.20. The summed E-state index contributed by atoms with van der Waals surface area (Å²) in [6, 6.07) is 6.72. The summed E-state index contributed by atoms with van der Waals surface area (Å²) in [6.07, 6.45) is -1.01. The normalized spacial score (nSPS) is 18.2. The van der Waals surface area contributed by atoms with E-state index in [2.05, 4.69) is 10.1 Å². The largest absolute Gasteiger partial charge is 0.573 e. The number of nitrogens with one attached hydrogen (secondary N) is 1. The van der Waals surface area contributed by atoms with Gasteiger partial charge >= 0.3 is 6.36 Å². The molecule has 1 fully saturated rings. The van der Waals surface area contributed by atoms with Crippen LogP contribution in [0, 0.1) is 0 Å². The Morgan fingerprint density at radius 2 is 1.83 bits per heavy atom. The molecule has 0 radical (unpaired) electrons. The number of rotatable bonds is 4. The van der Waals surface area contributed by atoms with Crippen molar-refractivity contribution < 1.29 is 17.9 Å². The van der Waals surface area contributed by atoms with Gasteiger partial charge < -0.3 is 10.1 Å². The minimum absolute atomic E-state index is 0.148. The SMILES string of the molecule is CC(NC1CCC1)c1ccc(OC(F)(F)F)cc1. The van der Waals surface area contributed by atoms with E-state index in [-0.39, 0.29) is 11.8 Å². The van der Waals surface area contributed by atoms with Gasteiger partial charge in [-0.3, -0.25) is 0 Å². The Bertz CT molecular complexity index is 384. The van der Waals surface area contributed by atoms with Crippen LogP contribution < -0.4 is 10.1 Å². The van der Waals surface area contributed by atoms with Crippen LogP contribution in [0.1, 0.15) is 37.8 Å². The Morgan fingerprint density at radius 3 is 2.28 bits per heavy atom. The highest BCUT2D eigenvalue weighted by Gasteiger charge is 2.31. The zero-order valence-electron chi connectivity index (χ0n) is 10.1. The fourth-order valence-corrected chi connectivity index (χ4v) is 1.98. The Balaban J connectivity index is 1.93. The van der Waals surface area contributed by atoms with Gasteiger partial charge in [-0.1, -0.05) is 18.6 Å². The second-order valence-corrected chi connectivity index (χ2v) is 4.63. The van der Waals surface area contributed by atoms with Gasteiger partial charge in [0, 0.05) is 12.1 Å². The fraction of sp³-hybridized carbons (Fsp3) is 0.538. The summed E-state index contributed by atoms with van der Waals surface area (Å²) in [5.41, 5.74) is 0.969. The molecular weight excluding hydrogens is 243 g/mol. The molecule has 2 nitrogen and oxygen atoms in total. The average molecular weight is 259 g/mol. The number of hydrogen-bond acceptors (Lipinski definition) is 2. The Labute approximate surface area is 104 Å². The molecule has 1 aliphatic rings. The fourth-order valence-electron chi connectivity index (χ4n) is 1.98. The number of hydrogen-bond donors (Lipinski definition) is 1. The molecule has 0 bridgehead atoms. The van der Waals surface area contributed by atoms with Gasteiger partial charge in [0.05, 0.1) is 0 Å². The molecule has 1 N–H and O–H groups in total. The molecule has 1 saturated carbocycles. The van der Waals surface area contributed by atoms with Crippen molar-refractivity contribution in [3.05, 3.63) is 29.8 Å². The van der Waals surface area contributed by atoms with E-state index in [0.717, 1.165) is 5.56 Å². The van der Waals surface area contributed by atoms with E-state index in [9.17, 15) is 13.2 Å². The highest BCUT2D eigenvalue weighted by Crippen LogP contribution is 2.26. The molecular formula is C13H16F3NO. The molecule has 18 heavy (non-hydrogen) atoms. The summed E-state index contributed by atoms with van der Waals surface area (Å²) in [4.78, 5) is 0. The molecule has 0 saturated heterocycles. The lowest BCUT2D eigenvalue weighted by Gasteiger charge is -2.30. The lowest BCUT2D eigenvalue weighted by Crippen LogP contribution is -2.36. The van der Waals surface area contributed by atoms with Gasteiger partial charge in [0.15, 0.2) is 0 Å². The van der Waals surface area contributed by atoms with Crippen LogP contribution in [0.4, 0.5) is 13.2 Å². The first-order valence-electron chi connectivity index (χ1n) is 6.06. The minimum Gasteiger partial charge on any atom is -0.406 e. The quantitative estimate of drug-likeness (QED) is 0.888.